The Bertz CT molecular complexity index is 571. The fraction of sp³-hybridized carbons (Fsp3) is 0.133. The maximum atomic E-state index is 13.3. The van der Waals surface area contributed by atoms with Crippen LogP contribution in [-0.2, 0) is 4.79 Å². The number of carbonyl (C=O) groups excluding carboxylic acids is 1. The van der Waals surface area contributed by atoms with Crippen molar-refractivity contribution >= 4 is 5.91 Å². The van der Waals surface area contributed by atoms with E-state index in [1.54, 1.807) is 12.1 Å². The van der Waals surface area contributed by atoms with Gasteiger partial charge in [0.2, 0.25) is 5.91 Å². The first-order chi connectivity index (χ1) is 9.60. The molecule has 3 N–H and O–H groups in total. The van der Waals surface area contributed by atoms with Crippen molar-refractivity contribution < 1.29 is 13.6 Å². The summed E-state index contributed by atoms with van der Waals surface area (Å²) in [6.45, 7) is -0.193. The summed E-state index contributed by atoms with van der Waals surface area (Å²) in [5.41, 5.74) is 6.33. The minimum Gasteiger partial charge on any atom is -0.344 e. The SMILES string of the molecule is NCC(=O)NC(c1cccc(F)c1)c1cccc(F)c1. The van der Waals surface area contributed by atoms with Crippen LogP contribution in [0.3, 0.4) is 0 Å². The van der Waals surface area contributed by atoms with Gasteiger partial charge in [-0.25, -0.2) is 8.78 Å². The highest BCUT2D eigenvalue weighted by atomic mass is 19.1. The number of carbonyl (C=O) groups is 1. The van der Waals surface area contributed by atoms with Gasteiger partial charge in [0.1, 0.15) is 11.6 Å². The van der Waals surface area contributed by atoms with E-state index in [9.17, 15) is 13.6 Å². The van der Waals surface area contributed by atoms with Crippen LogP contribution < -0.4 is 11.1 Å². The van der Waals surface area contributed by atoms with Crippen molar-refractivity contribution in [3.63, 3.8) is 0 Å². The summed E-state index contributed by atoms with van der Waals surface area (Å²) in [5.74, 6) is -1.25. The van der Waals surface area contributed by atoms with Crippen molar-refractivity contribution in [2.75, 3.05) is 6.54 Å². The van der Waals surface area contributed by atoms with E-state index >= 15 is 0 Å². The van der Waals surface area contributed by atoms with Gasteiger partial charge in [-0.15, -0.1) is 0 Å². The van der Waals surface area contributed by atoms with Crippen LogP contribution in [0, 0.1) is 11.6 Å². The second-order valence-electron chi connectivity index (χ2n) is 4.31. The van der Waals surface area contributed by atoms with Crippen LogP contribution in [0.15, 0.2) is 48.5 Å². The molecule has 0 saturated carbocycles. The Kier molecular flexibility index (Phi) is 4.42. The fourth-order valence-corrected chi connectivity index (χ4v) is 1.95. The van der Waals surface area contributed by atoms with Crippen LogP contribution in [0.4, 0.5) is 8.78 Å². The lowest BCUT2D eigenvalue weighted by Gasteiger charge is -2.19. The second kappa shape index (κ2) is 6.25. The lowest BCUT2D eigenvalue weighted by Crippen LogP contribution is -2.34. The summed E-state index contributed by atoms with van der Waals surface area (Å²) in [7, 11) is 0. The summed E-state index contributed by atoms with van der Waals surface area (Å²) in [4.78, 5) is 11.5. The third-order valence-electron chi connectivity index (χ3n) is 2.85. The molecule has 2 aromatic carbocycles. The zero-order chi connectivity index (χ0) is 14.5. The molecular weight excluding hydrogens is 262 g/mol. The number of nitrogens with two attached hydrogens (primary N) is 1. The van der Waals surface area contributed by atoms with Gasteiger partial charge >= 0.3 is 0 Å². The van der Waals surface area contributed by atoms with Crippen molar-refractivity contribution in [3.8, 4) is 0 Å². The lowest BCUT2D eigenvalue weighted by molar-refractivity contribution is -0.120. The lowest BCUT2D eigenvalue weighted by atomic mass is 9.98. The summed E-state index contributed by atoms with van der Waals surface area (Å²) in [6, 6.07) is 11.0. The first-order valence-electron chi connectivity index (χ1n) is 6.10. The molecule has 20 heavy (non-hydrogen) atoms. The number of benzene rings is 2. The van der Waals surface area contributed by atoms with E-state index in [2.05, 4.69) is 5.32 Å². The van der Waals surface area contributed by atoms with Gasteiger partial charge in [0, 0.05) is 0 Å². The minimum atomic E-state index is -0.641. The van der Waals surface area contributed by atoms with Crippen LogP contribution in [-0.4, -0.2) is 12.5 Å². The van der Waals surface area contributed by atoms with Crippen molar-refractivity contribution in [3.05, 3.63) is 71.3 Å². The van der Waals surface area contributed by atoms with Gasteiger partial charge in [0.05, 0.1) is 12.6 Å². The van der Waals surface area contributed by atoms with E-state index in [0.29, 0.717) is 11.1 Å². The molecule has 2 aromatic rings. The third kappa shape index (κ3) is 3.39. The Hall–Kier alpha value is -2.27. The zero-order valence-corrected chi connectivity index (χ0v) is 10.6. The molecule has 0 radical (unpaired) electrons. The van der Waals surface area contributed by atoms with Gasteiger partial charge < -0.3 is 11.1 Å². The topological polar surface area (TPSA) is 55.1 Å². The molecule has 0 fully saturated rings. The predicted octanol–water partition coefficient (Wildman–Crippen LogP) is 2.13. The molecule has 0 aliphatic rings. The Morgan fingerprint density at radius 3 is 1.95 bits per heavy atom. The number of nitrogens with one attached hydrogen (secondary N) is 1. The first-order valence-corrected chi connectivity index (χ1v) is 6.10. The number of rotatable bonds is 4. The van der Waals surface area contributed by atoms with Gasteiger partial charge in [0.25, 0.3) is 0 Å². The number of amides is 1. The highest BCUT2D eigenvalue weighted by Crippen LogP contribution is 2.23. The molecule has 0 spiro atoms. The third-order valence-corrected chi connectivity index (χ3v) is 2.85. The summed E-state index contributed by atoms with van der Waals surface area (Å²) < 4.78 is 26.7. The van der Waals surface area contributed by atoms with Crippen molar-refractivity contribution in [1.82, 2.24) is 5.32 Å². The van der Waals surface area contributed by atoms with E-state index in [0.717, 1.165) is 0 Å². The standard InChI is InChI=1S/C15H14F2N2O/c16-12-5-1-3-10(7-12)15(19-14(20)9-18)11-4-2-6-13(17)8-11/h1-8,15H,9,18H2,(H,19,20). The molecule has 0 bridgehead atoms. The summed E-state index contributed by atoms with van der Waals surface area (Å²) >= 11 is 0. The Balaban J connectivity index is 2.41. The van der Waals surface area contributed by atoms with Gasteiger partial charge in [-0.3, -0.25) is 4.79 Å². The van der Waals surface area contributed by atoms with E-state index in [-0.39, 0.29) is 6.54 Å². The molecule has 0 aliphatic carbocycles. The summed E-state index contributed by atoms with van der Waals surface area (Å²) in [6.07, 6.45) is 0. The maximum absolute atomic E-state index is 13.3. The fourth-order valence-electron chi connectivity index (χ4n) is 1.95. The maximum Gasteiger partial charge on any atom is 0.234 e. The summed E-state index contributed by atoms with van der Waals surface area (Å²) in [5, 5.41) is 2.66. The monoisotopic (exact) mass is 276 g/mol. The number of halogens is 2. The smallest absolute Gasteiger partial charge is 0.234 e. The molecule has 0 atom stereocenters. The molecule has 104 valence electrons. The second-order valence-corrected chi connectivity index (χ2v) is 4.31. The van der Waals surface area contributed by atoms with Crippen molar-refractivity contribution in [2.24, 2.45) is 5.73 Å². The molecule has 5 heteroatoms. The average Bonchev–Trinajstić information content (AvgIpc) is 2.44. The van der Waals surface area contributed by atoms with E-state index in [1.165, 1.54) is 36.4 Å². The van der Waals surface area contributed by atoms with Crippen molar-refractivity contribution in [2.45, 2.75) is 6.04 Å². The van der Waals surface area contributed by atoms with Gasteiger partial charge in [0.15, 0.2) is 0 Å². The van der Waals surface area contributed by atoms with Crippen LogP contribution in [0.5, 0.6) is 0 Å². The predicted molar refractivity (Wildman–Crippen MR) is 71.8 cm³/mol. The highest BCUT2D eigenvalue weighted by Gasteiger charge is 2.17. The van der Waals surface area contributed by atoms with Crippen LogP contribution in [0.1, 0.15) is 17.2 Å². The Labute approximate surface area is 115 Å². The molecule has 0 aromatic heterocycles. The van der Waals surface area contributed by atoms with Crippen LogP contribution in [0.25, 0.3) is 0 Å². The number of hydrogen-bond acceptors (Lipinski definition) is 2. The Morgan fingerprint density at radius 2 is 1.55 bits per heavy atom. The molecule has 0 heterocycles. The highest BCUT2D eigenvalue weighted by molar-refractivity contribution is 5.78. The van der Waals surface area contributed by atoms with E-state index in [1.807, 2.05) is 0 Å². The van der Waals surface area contributed by atoms with E-state index < -0.39 is 23.6 Å². The van der Waals surface area contributed by atoms with Gasteiger partial charge in [-0.2, -0.15) is 0 Å². The zero-order valence-electron chi connectivity index (χ0n) is 10.6. The van der Waals surface area contributed by atoms with Gasteiger partial charge in [-0.05, 0) is 35.4 Å². The van der Waals surface area contributed by atoms with E-state index in [4.69, 9.17) is 5.73 Å². The Morgan fingerprint density at radius 1 is 1.05 bits per heavy atom. The van der Waals surface area contributed by atoms with Crippen molar-refractivity contribution in [1.29, 1.82) is 0 Å². The minimum absolute atomic E-state index is 0.193. The largest absolute Gasteiger partial charge is 0.344 e. The first kappa shape index (κ1) is 14.1. The molecule has 1 amide bonds. The molecule has 0 unspecified atom stereocenters. The number of hydrogen-bond donors (Lipinski definition) is 2. The average molecular weight is 276 g/mol. The van der Waals surface area contributed by atoms with Crippen LogP contribution in [0.2, 0.25) is 0 Å². The molecular formula is C15H14F2N2O. The molecule has 2 rings (SSSR count). The molecule has 3 nitrogen and oxygen atoms in total. The van der Waals surface area contributed by atoms with Crippen LogP contribution >= 0.6 is 0 Å². The van der Waals surface area contributed by atoms with Gasteiger partial charge in [-0.1, -0.05) is 24.3 Å². The molecule has 0 aliphatic heterocycles. The normalized spacial score (nSPS) is 10.6. The molecule has 0 saturated heterocycles. The quantitative estimate of drug-likeness (QED) is 0.898.